The molecule has 12 rings (SSSR count). The zero-order valence-corrected chi connectivity index (χ0v) is 56.1. The van der Waals surface area contributed by atoms with E-state index in [0.717, 1.165) is 28.4 Å². The number of carbonyl (C=O) groups is 6. The number of ketones is 3. The third-order valence-electron chi connectivity index (χ3n) is 17.5. The fourth-order valence-electron chi connectivity index (χ4n) is 12.4. The number of pyridine rings is 3. The van der Waals surface area contributed by atoms with Gasteiger partial charge in [-0.25, -0.2) is 56.3 Å². The van der Waals surface area contributed by atoms with Gasteiger partial charge < -0.3 is 30.9 Å². The number of hydrogen-bond acceptors (Lipinski definition) is 15. The minimum Gasteiger partial charge on any atom is -0.369 e. The van der Waals surface area contributed by atoms with E-state index >= 15 is 0 Å². The van der Waals surface area contributed by atoms with Crippen molar-refractivity contribution in [2.75, 3.05) is 21.1 Å². The fraction of sp³-hybridized carbons (Fsp3) is 0.250. The summed E-state index contributed by atoms with van der Waals surface area (Å²) in [7, 11) is 4.34. The van der Waals surface area contributed by atoms with Crippen LogP contribution in [0.5, 0.6) is 0 Å². The van der Waals surface area contributed by atoms with E-state index in [9.17, 15) is 68.3 Å². The average molecular weight is 1420 g/mol. The molecule has 531 valence electrons. The topological polar surface area (TPSA) is 281 Å². The monoisotopic (exact) mass is 1420 g/mol. The van der Waals surface area contributed by atoms with E-state index in [1.165, 1.54) is 76.5 Å². The number of rotatable bonds is 21. The number of nitrogens with zero attached hydrogens (tertiary/aromatic N) is 12. The lowest BCUT2D eigenvalue weighted by Gasteiger charge is -2.25. The Bertz CT molecular complexity index is 4390. The number of likely N-dealkylation sites (N-methyl/N-ethyl adjacent to an activating group) is 3. The van der Waals surface area contributed by atoms with Crippen LogP contribution in [0.25, 0.3) is 33.4 Å². The van der Waals surface area contributed by atoms with E-state index in [2.05, 4.69) is 29.9 Å². The number of benzene rings is 3. The number of alkyl halides is 6. The van der Waals surface area contributed by atoms with Crippen LogP contribution in [0.3, 0.4) is 0 Å². The van der Waals surface area contributed by atoms with Crippen LogP contribution in [0.4, 0.5) is 39.5 Å². The highest BCUT2D eigenvalue weighted by Gasteiger charge is 2.53. The van der Waals surface area contributed by atoms with E-state index in [1.54, 1.807) is 130 Å². The molecule has 21 nitrogen and oxygen atoms in total. The van der Waals surface area contributed by atoms with Gasteiger partial charge >= 0.3 is 0 Å². The third-order valence-corrected chi connectivity index (χ3v) is 17.5. The molecule has 103 heavy (non-hydrogen) atoms. The van der Waals surface area contributed by atoms with Crippen molar-refractivity contribution in [3.63, 3.8) is 0 Å². The first-order valence-corrected chi connectivity index (χ1v) is 31.7. The van der Waals surface area contributed by atoms with Gasteiger partial charge in [-0.3, -0.25) is 43.5 Å². The second-order valence-corrected chi connectivity index (χ2v) is 23.7. The van der Waals surface area contributed by atoms with Gasteiger partial charge in [0.25, 0.3) is 37.0 Å². The predicted octanol–water partition coefficient (Wildman–Crippen LogP) is 10.4. The summed E-state index contributed by atoms with van der Waals surface area (Å²) in [5.41, 5.74) is 16.6. The SMILES string of the molecule is CCC(=O)c1cc(C2(c3cccc(-c4cccnc4F)c3)N=C(N)N(C)C2=O)cn1CC(F)F.CCC(=O)c1cc([C@@]2(c3cccc(-c4cccnc4F)c3)N=C(N)N(C)C2=O)cn1CC(F)F.CCC(=O)c1cc([C@]2(c3cccc(-c4cccnc4F)c3)N=C(N)N(C)C2=O)cn1CC(F)F.[B]. The molecule has 3 amide bonds. The highest BCUT2D eigenvalue weighted by atomic mass is 19.3. The Morgan fingerprint density at radius 3 is 0.854 bits per heavy atom. The summed E-state index contributed by atoms with van der Waals surface area (Å²) in [6.07, 6.45) is 0.0956. The number of nitrogens with two attached hydrogens (primary N) is 3. The molecule has 6 aromatic heterocycles. The van der Waals surface area contributed by atoms with Gasteiger partial charge in [-0.15, -0.1) is 0 Å². The van der Waals surface area contributed by atoms with E-state index in [0.29, 0.717) is 33.4 Å². The Labute approximate surface area is 585 Å². The van der Waals surface area contributed by atoms with E-state index in [-0.39, 0.29) is 113 Å². The molecule has 0 spiro atoms. The summed E-state index contributed by atoms with van der Waals surface area (Å²) in [5.74, 6) is -4.96. The van der Waals surface area contributed by atoms with Crippen LogP contribution in [0.2, 0.25) is 0 Å². The molecule has 0 aliphatic carbocycles. The quantitative estimate of drug-likeness (QED) is 0.0262. The van der Waals surface area contributed by atoms with Gasteiger partial charge in [0, 0.05) is 119 Å². The maximum Gasteiger partial charge on any atom is 0.266 e. The van der Waals surface area contributed by atoms with Crippen LogP contribution in [0.1, 0.15) is 105 Å². The lowest BCUT2D eigenvalue weighted by atomic mass is 9.83. The highest BCUT2D eigenvalue weighted by Crippen LogP contribution is 2.45. The predicted molar refractivity (Wildman–Crippen MR) is 365 cm³/mol. The van der Waals surface area contributed by atoms with Gasteiger partial charge in [-0.05, 0) is 106 Å². The van der Waals surface area contributed by atoms with Crippen LogP contribution >= 0.6 is 0 Å². The number of guanidine groups is 3. The summed E-state index contributed by atoms with van der Waals surface area (Å²) >= 11 is 0. The lowest BCUT2D eigenvalue weighted by Crippen LogP contribution is -2.41. The minimum absolute atomic E-state index is 0. The Hall–Kier alpha value is -11.8. The molecular weight excluding hydrogens is 1350 g/mol. The van der Waals surface area contributed by atoms with Gasteiger partial charge in [0.05, 0.1) is 36.7 Å². The maximum absolute atomic E-state index is 14.4. The first-order chi connectivity index (χ1) is 48.6. The second kappa shape index (κ2) is 30.6. The van der Waals surface area contributed by atoms with Crippen molar-refractivity contribution in [2.24, 2.45) is 32.2 Å². The van der Waals surface area contributed by atoms with Gasteiger partial charge in [0.15, 0.2) is 51.8 Å². The molecule has 3 aromatic carbocycles. The molecule has 0 fully saturated rings. The zero-order valence-electron chi connectivity index (χ0n) is 56.1. The minimum atomic E-state index is -2.72. The van der Waals surface area contributed by atoms with Gasteiger partial charge in [-0.1, -0.05) is 75.4 Å². The normalized spacial score (nSPS) is 17.8. The molecule has 6 N–H and O–H groups in total. The van der Waals surface area contributed by atoms with E-state index in [4.69, 9.17) is 17.2 Å². The van der Waals surface area contributed by atoms with Crippen LogP contribution in [-0.4, -0.2) is 145 Å². The van der Waals surface area contributed by atoms with Crippen LogP contribution in [0.15, 0.2) is 180 Å². The molecule has 3 atom stereocenters. The molecule has 9 aromatic rings. The van der Waals surface area contributed by atoms with Crippen molar-refractivity contribution in [1.82, 2.24) is 43.4 Å². The molecule has 0 saturated carbocycles. The van der Waals surface area contributed by atoms with Crippen LogP contribution in [0, 0.1) is 17.8 Å². The van der Waals surface area contributed by atoms with Crippen LogP contribution < -0.4 is 17.2 Å². The number of halogens is 9. The number of hydrogen-bond donors (Lipinski definition) is 3. The van der Waals surface area contributed by atoms with Crippen molar-refractivity contribution in [3.05, 3.63) is 233 Å². The molecular formula is C72H66BF9N15O6. The summed E-state index contributed by atoms with van der Waals surface area (Å²) < 4.78 is 126. The smallest absolute Gasteiger partial charge is 0.266 e. The molecule has 3 aliphatic heterocycles. The summed E-state index contributed by atoms with van der Waals surface area (Å²) in [6, 6.07) is 33.1. The van der Waals surface area contributed by atoms with Crippen molar-refractivity contribution < 1.29 is 68.3 Å². The van der Waals surface area contributed by atoms with Crippen LogP contribution in [-0.2, 0) is 50.6 Å². The first-order valence-electron chi connectivity index (χ1n) is 31.7. The van der Waals surface area contributed by atoms with E-state index < -0.39 is 91.1 Å². The van der Waals surface area contributed by atoms with E-state index in [1.807, 2.05) is 0 Å². The summed E-state index contributed by atoms with van der Waals surface area (Å²) in [4.78, 5) is 106. The Morgan fingerprint density at radius 2 is 0.650 bits per heavy atom. The van der Waals surface area contributed by atoms with Gasteiger partial charge in [-0.2, -0.15) is 13.2 Å². The zero-order chi connectivity index (χ0) is 73.9. The van der Waals surface area contributed by atoms with Crippen molar-refractivity contribution >= 4 is 61.4 Å². The largest absolute Gasteiger partial charge is 0.369 e. The Kier molecular flexibility index (Phi) is 22.4. The molecule has 0 saturated heterocycles. The highest BCUT2D eigenvalue weighted by molar-refractivity contribution is 6.11. The van der Waals surface area contributed by atoms with Crippen molar-refractivity contribution in [2.45, 2.75) is 95.6 Å². The molecule has 1 unspecified atom stereocenters. The average Bonchev–Trinajstić information content (AvgIpc) is 1.60. The first kappa shape index (κ1) is 75.4. The molecule has 3 radical (unpaired) electrons. The van der Waals surface area contributed by atoms with Gasteiger partial charge in [0.1, 0.15) is 0 Å². The number of Topliss-reactive ketones (excluding diaryl/α,β-unsaturated/α-hetero) is 3. The molecule has 9 heterocycles. The summed E-state index contributed by atoms with van der Waals surface area (Å²) in [5, 5.41) is 0. The fourth-order valence-corrected chi connectivity index (χ4v) is 12.4. The summed E-state index contributed by atoms with van der Waals surface area (Å²) in [6.45, 7) is 2.69. The second-order valence-electron chi connectivity index (χ2n) is 23.7. The number of aromatic nitrogens is 6. The standard InChI is InChI=1S/3C24H22F3N5O2.B/c3*1-3-19(33)18-11-16(12-32(18)13-20(25)26)24(22(34)31(2)23(28)30-24)15-7-4-6-14(10-15)17-8-5-9-29-21(17)27;/h3*4-12,20H,3,13H2,1-2H3,(H2,28,30);/t2*24-;;/m10../s1. The Morgan fingerprint density at radius 1 is 0.398 bits per heavy atom. The maximum atomic E-state index is 14.4. The Balaban J connectivity index is 0.000000179. The van der Waals surface area contributed by atoms with Gasteiger partial charge in [0.2, 0.25) is 17.8 Å². The van der Waals surface area contributed by atoms with Crippen molar-refractivity contribution in [1.29, 1.82) is 0 Å². The third kappa shape index (κ3) is 14.2. The number of carbonyl (C=O) groups excluding carboxylic acids is 6. The van der Waals surface area contributed by atoms with Crippen molar-refractivity contribution in [3.8, 4) is 33.4 Å². The molecule has 0 bridgehead atoms. The number of aliphatic imine (C=N–C) groups is 3. The lowest BCUT2D eigenvalue weighted by molar-refractivity contribution is -0.130. The number of amides is 3. The molecule has 31 heteroatoms. The molecule has 3 aliphatic rings.